The summed E-state index contributed by atoms with van der Waals surface area (Å²) < 4.78 is 1.94. The molecule has 2 aromatic rings. The number of urea groups is 1. The number of carbonyl (C=O) groups is 3. The fraction of sp³-hybridized carbons (Fsp3) is 0.167. The average molecular weight is 392 g/mol. The van der Waals surface area contributed by atoms with Gasteiger partial charge in [0.25, 0.3) is 11.8 Å². The molecule has 4 amide bonds. The fourth-order valence-electron chi connectivity index (χ4n) is 2.86. The Hall–Kier alpha value is -2.57. The number of carbonyl (C=O) groups excluding carboxylic acids is 3. The van der Waals surface area contributed by atoms with Crippen LogP contribution < -0.4 is 5.32 Å². The molecule has 0 atom stereocenters. The Bertz CT molecular complexity index is 992. The van der Waals surface area contributed by atoms with Gasteiger partial charge in [-0.25, -0.2) is 4.79 Å². The van der Waals surface area contributed by atoms with Gasteiger partial charge in [0, 0.05) is 24.1 Å². The van der Waals surface area contributed by atoms with Gasteiger partial charge in [-0.1, -0.05) is 23.2 Å². The number of benzene rings is 1. The smallest absolute Gasteiger partial charge is 0.318 e. The molecule has 3 rings (SSSR count). The topological polar surface area (TPSA) is 71.4 Å². The van der Waals surface area contributed by atoms with Gasteiger partial charge in [-0.05, 0) is 49.8 Å². The highest BCUT2D eigenvalue weighted by atomic mass is 35.5. The third-order valence-electron chi connectivity index (χ3n) is 4.24. The van der Waals surface area contributed by atoms with Gasteiger partial charge in [0.15, 0.2) is 0 Å². The van der Waals surface area contributed by atoms with Crippen LogP contribution in [-0.4, -0.2) is 34.4 Å². The van der Waals surface area contributed by atoms with Crippen LogP contribution in [-0.2, 0) is 9.59 Å². The highest BCUT2D eigenvalue weighted by Gasteiger charge is 2.33. The van der Waals surface area contributed by atoms with Gasteiger partial charge in [-0.3, -0.25) is 19.8 Å². The van der Waals surface area contributed by atoms with Crippen LogP contribution in [0.1, 0.15) is 17.0 Å². The number of amides is 4. The number of hydrogen-bond acceptors (Lipinski definition) is 3. The molecule has 1 aromatic heterocycles. The van der Waals surface area contributed by atoms with E-state index in [-0.39, 0.29) is 5.57 Å². The monoisotopic (exact) mass is 391 g/mol. The van der Waals surface area contributed by atoms with E-state index in [0.717, 1.165) is 22.0 Å². The maximum absolute atomic E-state index is 12.2. The summed E-state index contributed by atoms with van der Waals surface area (Å²) in [5.41, 5.74) is 3.11. The highest BCUT2D eigenvalue weighted by Crippen LogP contribution is 2.28. The van der Waals surface area contributed by atoms with E-state index in [1.54, 1.807) is 12.1 Å². The molecule has 0 aliphatic carbocycles. The summed E-state index contributed by atoms with van der Waals surface area (Å²) >= 11 is 12.1. The van der Waals surface area contributed by atoms with Crippen molar-refractivity contribution in [1.82, 2.24) is 14.8 Å². The van der Waals surface area contributed by atoms with Crippen LogP contribution >= 0.6 is 23.2 Å². The minimum absolute atomic E-state index is 0.0958. The van der Waals surface area contributed by atoms with E-state index in [1.165, 1.54) is 13.1 Å². The lowest BCUT2D eigenvalue weighted by Crippen LogP contribution is -2.52. The molecule has 134 valence electrons. The summed E-state index contributed by atoms with van der Waals surface area (Å²) in [7, 11) is 1.32. The Morgan fingerprint density at radius 2 is 1.73 bits per heavy atom. The molecule has 1 aliphatic rings. The van der Waals surface area contributed by atoms with Gasteiger partial charge in [0.1, 0.15) is 5.57 Å². The van der Waals surface area contributed by atoms with Gasteiger partial charge < -0.3 is 4.57 Å². The Balaban J connectivity index is 2.08. The standard InChI is InChI=1S/C18H15Cl2N3O3/c1-9-6-11(7-13-16(24)21-18(26)22(3)17(13)25)10(2)23(9)12-4-5-14(19)15(20)8-12/h4-8H,1-3H3,(H,21,24,26)/b13-7-. The fourth-order valence-corrected chi connectivity index (χ4v) is 3.15. The first kappa shape index (κ1) is 18.2. The Morgan fingerprint density at radius 3 is 2.38 bits per heavy atom. The molecule has 8 heteroatoms. The van der Waals surface area contributed by atoms with Gasteiger partial charge in [-0.15, -0.1) is 0 Å². The maximum atomic E-state index is 12.2. The lowest BCUT2D eigenvalue weighted by molar-refractivity contribution is -0.129. The molecular weight excluding hydrogens is 377 g/mol. The molecule has 26 heavy (non-hydrogen) atoms. The number of aryl methyl sites for hydroxylation is 1. The summed E-state index contributed by atoms with van der Waals surface area (Å²) in [5.74, 6) is -1.35. The van der Waals surface area contributed by atoms with E-state index in [4.69, 9.17) is 23.2 Å². The molecule has 1 aliphatic heterocycles. The molecular formula is C18H15Cl2N3O3. The van der Waals surface area contributed by atoms with E-state index in [9.17, 15) is 14.4 Å². The SMILES string of the molecule is Cc1cc(/C=C2/C(=O)NC(=O)N(C)C2=O)c(C)n1-c1ccc(Cl)c(Cl)c1. The van der Waals surface area contributed by atoms with Crippen molar-refractivity contribution in [2.45, 2.75) is 13.8 Å². The predicted octanol–water partition coefficient (Wildman–Crippen LogP) is 3.49. The summed E-state index contributed by atoms with van der Waals surface area (Å²) in [6.07, 6.45) is 1.48. The first-order valence-electron chi connectivity index (χ1n) is 7.70. The lowest BCUT2D eigenvalue weighted by Gasteiger charge is -2.22. The quantitative estimate of drug-likeness (QED) is 0.628. The third-order valence-corrected chi connectivity index (χ3v) is 4.98. The van der Waals surface area contributed by atoms with E-state index >= 15 is 0 Å². The number of nitrogens with zero attached hydrogens (tertiary/aromatic N) is 2. The molecule has 0 bridgehead atoms. The molecule has 1 fully saturated rings. The van der Waals surface area contributed by atoms with Gasteiger partial charge in [0.05, 0.1) is 10.0 Å². The zero-order valence-electron chi connectivity index (χ0n) is 14.3. The van der Waals surface area contributed by atoms with Crippen molar-refractivity contribution >= 4 is 47.1 Å². The minimum atomic E-state index is -0.738. The van der Waals surface area contributed by atoms with Crippen LogP contribution in [0.25, 0.3) is 11.8 Å². The molecule has 6 nitrogen and oxygen atoms in total. The van der Waals surface area contributed by atoms with Crippen molar-refractivity contribution in [3.8, 4) is 5.69 Å². The van der Waals surface area contributed by atoms with Crippen molar-refractivity contribution in [2.75, 3.05) is 7.05 Å². The summed E-state index contributed by atoms with van der Waals surface area (Å²) in [4.78, 5) is 36.6. The number of aromatic nitrogens is 1. The normalized spacial score (nSPS) is 16.4. The second-order valence-electron chi connectivity index (χ2n) is 5.94. The lowest BCUT2D eigenvalue weighted by atomic mass is 10.1. The van der Waals surface area contributed by atoms with Crippen LogP contribution in [0.5, 0.6) is 0 Å². The van der Waals surface area contributed by atoms with E-state index in [1.807, 2.05) is 30.5 Å². The minimum Gasteiger partial charge on any atom is -0.318 e. The second kappa shape index (κ2) is 6.63. The Labute approximate surface area is 160 Å². The number of nitrogens with one attached hydrogen (secondary N) is 1. The number of halogens is 2. The summed E-state index contributed by atoms with van der Waals surface area (Å²) in [6, 6.07) is 6.39. The summed E-state index contributed by atoms with van der Waals surface area (Å²) in [5, 5.41) is 3.02. The van der Waals surface area contributed by atoms with Crippen LogP contribution in [0.4, 0.5) is 4.79 Å². The molecule has 1 saturated heterocycles. The Kier molecular flexibility index (Phi) is 4.64. The van der Waals surface area contributed by atoms with Crippen LogP contribution in [0, 0.1) is 13.8 Å². The first-order valence-corrected chi connectivity index (χ1v) is 8.45. The highest BCUT2D eigenvalue weighted by molar-refractivity contribution is 6.42. The Morgan fingerprint density at radius 1 is 1.04 bits per heavy atom. The number of hydrogen-bond donors (Lipinski definition) is 1. The summed E-state index contributed by atoms with van der Waals surface area (Å²) in [6.45, 7) is 3.76. The second-order valence-corrected chi connectivity index (χ2v) is 6.76. The average Bonchev–Trinajstić information content (AvgIpc) is 2.86. The number of likely N-dealkylation sites (N-methyl/N-ethyl adjacent to an activating group) is 1. The zero-order valence-corrected chi connectivity index (χ0v) is 15.8. The van der Waals surface area contributed by atoms with E-state index in [2.05, 4.69) is 5.32 Å². The van der Waals surface area contributed by atoms with E-state index in [0.29, 0.717) is 15.6 Å². The van der Waals surface area contributed by atoms with Crippen molar-refractivity contribution < 1.29 is 14.4 Å². The van der Waals surface area contributed by atoms with Crippen molar-refractivity contribution in [3.63, 3.8) is 0 Å². The molecule has 0 unspecified atom stereocenters. The van der Waals surface area contributed by atoms with Crippen molar-refractivity contribution in [3.05, 3.63) is 56.8 Å². The largest absolute Gasteiger partial charge is 0.331 e. The van der Waals surface area contributed by atoms with Crippen molar-refractivity contribution in [1.29, 1.82) is 0 Å². The molecule has 1 N–H and O–H groups in total. The molecule has 2 heterocycles. The molecule has 1 aromatic carbocycles. The molecule has 0 spiro atoms. The predicted molar refractivity (Wildman–Crippen MR) is 99.5 cm³/mol. The zero-order chi connectivity index (χ0) is 19.2. The first-order chi connectivity index (χ1) is 12.2. The maximum Gasteiger partial charge on any atom is 0.331 e. The van der Waals surface area contributed by atoms with Crippen LogP contribution in [0.3, 0.4) is 0 Å². The molecule has 0 saturated carbocycles. The molecule has 0 radical (unpaired) electrons. The van der Waals surface area contributed by atoms with E-state index < -0.39 is 17.8 Å². The number of barbiturate groups is 1. The van der Waals surface area contributed by atoms with Gasteiger partial charge in [0.2, 0.25) is 0 Å². The number of rotatable bonds is 2. The van der Waals surface area contributed by atoms with Crippen LogP contribution in [0.2, 0.25) is 10.0 Å². The third kappa shape index (κ3) is 3.02. The number of imide groups is 2. The van der Waals surface area contributed by atoms with Crippen LogP contribution in [0.15, 0.2) is 29.8 Å². The van der Waals surface area contributed by atoms with Gasteiger partial charge in [-0.2, -0.15) is 0 Å². The van der Waals surface area contributed by atoms with Crippen molar-refractivity contribution in [2.24, 2.45) is 0 Å². The van der Waals surface area contributed by atoms with Gasteiger partial charge >= 0.3 is 6.03 Å².